The molecule has 0 radical (unpaired) electrons. The van der Waals surface area contributed by atoms with E-state index in [0.717, 1.165) is 0 Å². The molecule has 0 aliphatic carbocycles. The molecule has 4 heterocycles. The maximum atomic E-state index is 11.9. The van der Waals surface area contributed by atoms with Crippen LogP contribution in [0.4, 0.5) is 0 Å². The minimum Gasteiger partial charge on any atom is -0.341 e. The Morgan fingerprint density at radius 3 is 0.595 bits per heavy atom. The first kappa shape index (κ1) is 106. The van der Waals surface area contributed by atoms with E-state index in [2.05, 4.69) is 66.9 Å². The summed E-state index contributed by atoms with van der Waals surface area (Å²) in [6.45, 7) is -12.5. The van der Waals surface area contributed by atoms with Gasteiger partial charge in [0, 0.05) is 0 Å². The maximum absolute atomic E-state index is 11.9. The van der Waals surface area contributed by atoms with Crippen LogP contribution in [0.2, 0.25) is 0 Å². The molecule has 0 saturated carbocycles. The Balaban J connectivity index is 0.000000747. The molecule has 0 aromatic heterocycles. The molecular formula is C24H44MgO70S16+2. The number of ether oxygens (including phenoxy) is 6. The van der Waals surface area contributed by atoms with Crippen molar-refractivity contribution in [3.05, 3.63) is 0 Å². The van der Waals surface area contributed by atoms with Gasteiger partial charge in [-0.05, 0) is 0 Å². The quantitative estimate of drug-likeness (QED) is 0.0199. The first-order valence-corrected chi connectivity index (χ1v) is 46.5. The summed E-state index contributed by atoms with van der Waals surface area (Å²) < 4.78 is 614. The van der Waals surface area contributed by atoms with Crippen LogP contribution in [0, 0.1) is 0 Å². The van der Waals surface area contributed by atoms with Gasteiger partial charge in [-0.2, -0.15) is 135 Å². The predicted octanol–water partition coefficient (Wildman–Crippen LogP) is -13.9. The zero-order chi connectivity index (χ0) is 86.0. The third-order valence-corrected chi connectivity index (χ3v) is 18.6. The van der Waals surface area contributed by atoms with Crippen LogP contribution in [0.3, 0.4) is 0 Å². The molecule has 4 aliphatic heterocycles. The van der Waals surface area contributed by atoms with Crippen LogP contribution in [0.1, 0.15) is 0 Å². The van der Waals surface area contributed by atoms with Gasteiger partial charge in [-0.3, -0.25) is 72.8 Å². The molecule has 111 heavy (non-hydrogen) atoms. The molecule has 0 spiro atoms. The van der Waals surface area contributed by atoms with Crippen LogP contribution < -0.4 is 0 Å². The van der Waals surface area contributed by atoms with Gasteiger partial charge in [0.25, 0.3) is 0 Å². The molecule has 0 bridgehead atoms. The summed E-state index contributed by atoms with van der Waals surface area (Å²) in [5.41, 5.74) is 0. The summed E-state index contributed by atoms with van der Waals surface area (Å²) >= 11 is 0. The molecule has 656 valence electrons. The van der Waals surface area contributed by atoms with Gasteiger partial charge in [0.1, 0.15) is 74.3 Å². The van der Waals surface area contributed by atoms with E-state index in [9.17, 15) is 189 Å². The molecule has 87 heteroatoms. The molecule has 4 rings (SSSR count). The van der Waals surface area contributed by atoms with Crippen LogP contribution >= 0.6 is 0 Å². The van der Waals surface area contributed by atoms with Gasteiger partial charge in [-0.1, -0.05) is 0 Å². The van der Waals surface area contributed by atoms with Crippen molar-refractivity contribution < 1.29 is 303 Å². The first-order valence-electron chi connectivity index (χ1n) is 24.6. The van der Waals surface area contributed by atoms with Crippen LogP contribution in [-0.4, -0.2) is 380 Å². The van der Waals surface area contributed by atoms with E-state index in [1.165, 1.54) is 0 Å². The van der Waals surface area contributed by atoms with E-state index in [1.807, 2.05) is 0 Å². The van der Waals surface area contributed by atoms with E-state index >= 15 is 0 Å². The SMILES string of the molecule is O=S(=O)(O)OC[C@H]1O[C@@](COS(=O)(=O)O)(O[C@H]2O[C@H](COS(=O)(=O)O)[C@@H](OS(=O)(=O)O)[C@H](OS(=O)(=O)O)[C@H]2OS(=O)(=O)O)[C@@H](OS(=O)(=O)O)[C@@H]1OS(=O)(=O)O.O=S(=O)(O)OC[C@H]1O[C@@](COS(=O)(=O)O)(O[C@H]2O[C@H](COS(=O)(=O)O)[C@@H](OS(=O)(=O)O)[C@H](OS(=O)(=O)O)[C@H]2OS(=O)(=O)O)[C@@H](OS(=O)(=O)O)[C@@H]1OS(=O)(=O)O.[Mg+2]. The van der Waals surface area contributed by atoms with Crippen molar-refractivity contribution in [2.75, 3.05) is 39.6 Å². The zero-order valence-corrected chi connectivity index (χ0v) is 65.4. The molecule has 4 aliphatic rings. The molecule has 0 aromatic carbocycles. The fourth-order valence-corrected chi connectivity index (χ4v) is 15.4. The second-order valence-electron chi connectivity index (χ2n) is 19.3. The Labute approximate surface area is 636 Å². The Morgan fingerprint density at radius 1 is 0.216 bits per heavy atom. The molecule has 4 fully saturated rings. The van der Waals surface area contributed by atoms with Crippen molar-refractivity contribution in [1.82, 2.24) is 0 Å². The van der Waals surface area contributed by atoms with Gasteiger partial charge in [-0.25, -0.2) is 66.9 Å². The topological polar surface area (TPSA) is 1070 Å². The Kier molecular flexibility index (Phi) is 35.8. The second kappa shape index (κ2) is 37.6. The van der Waals surface area contributed by atoms with Crippen LogP contribution in [0.25, 0.3) is 0 Å². The molecule has 0 aromatic rings. The maximum Gasteiger partial charge on any atom is 2.00 e. The molecule has 18 atom stereocenters. The molecular weight excluding hydrogens is 1950 g/mol. The molecule has 0 amide bonds. The average molecular weight is 1990 g/mol. The van der Waals surface area contributed by atoms with Crippen molar-refractivity contribution in [2.24, 2.45) is 0 Å². The van der Waals surface area contributed by atoms with Gasteiger partial charge < -0.3 is 28.4 Å². The Hall–Kier alpha value is -1.55. The molecule has 0 unspecified atom stereocenters. The first-order chi connectivity index (χ1) is 48.3. The average Bonchev–Trinajstić information content (AvgIpc) is 1.59. The largest absolute Gasteiger partial charge is 2.00 e. The molecule has 4 saturated heterocycles. The van der Waals surface area contributed by atoms with Crippen LogP contribution in [-0.2, 0) is 262 Å². The van der Waals surface area contributed by atoms with Gasteiger partial charge in [0.15, 0.2) is 37.0 Å². The normalized spacial score (nSPS) is 30.4. The minimum atomic E-state index is -6.24. The van der Waals surface area contributed by atoms with Gasteiger partial charge in [0.05, 0.1) is 26.4 Å². The molecule has 70 nitrogen and oxygen atoms in total. The fraction of sp³-hybridized carbons (Fsp3) is 1.00. The van der Waals surface area contributed by atoms with Crippen molar-refractivity contribution in [3.63, 3.8) is 0 Å². The van der Waals surface area contributed by atoms with Gasteiger partial charge >= 0.3 is 189 Å². The number of rotatable bonds is 42. The second-order valence-corrected chi connectivity index (χ2v) is 36.3. The summed E-state index contributed by atoms with van der Waals surface area (Å²) in [6, 6.07) is 0. The smallest absolute Gasteiger partial charge is 0.341 e. The van der Waals surface area contributed by atoms with Crippen molar-refractivity contribution in [1.29, 1.82) is 0 Å². The fourth-order valence-electron chi connectivity index (χ4n) is 8.48. The minimum absolute atomic E-state index is 0. The summed E-state index contributed by atoms with van der Waals surface area (Å²) in [5, 5.41) is 0. The summed E-state index contributed by atoms with van der Waals surface area (Å²) in [7, 11) is -96.5. The summed E-state index contributed by atoms with van der Waals surface area (Å²) in [4.78, 5) is 0. The van der Waals surface area contributed by atoms with Crippen LogP contribution in [0.5, 0.6) is 0 Å². The molecule has 16 N–H and O–H groups in total. The van der Waals surface area contributed by atoms with E-state index in [-0.39, 0.29) is 23.1 Å². The van der Waals surface area contributed by atoms with Crippen molar-refractivity contribution in [2.45, 2.75) is 110 Å². The Morgan fingerprint density at radius 2 is 0.396 bits per heavy atom. The van der Waals surface area contributed by atoms with E-state index in [4.69, 9.17) is 46.6 Å². The third-order valence-electron chi connectivity index (χ3n) is 11.4. The van der Waals surface area contributed by atoms with Gasteiger partial charge in [-0.15, -0.1) is 0 Å². The number of hydrogen-bond acceptors (Lipinski definition) is 54. The summed E-state index contributed by atoms with van der Waals surface area (Å²) in [6.07, 6.45) is -52.1. The van der Waals surface area contributed by atoms with E-state index in [0.29, 0.717) is 0 Å². The third kappa shape index (κ3) is 40.4. The summed E-state index contributed by atoms with van der Waals surface area (Å²) in [5.74, 6) is -8.24. The monoisotopic (exact) mass is 1990 g/mol. The standard InChI is InChI=1S/2C12H22O35S8.Mg/c2*13-48(14,15)37-1-4-6(43-51(22,23)24)8(45-53(28,29)30)9(46-54(31,32)33)11(40-4)42-12(3-39-50(19,20)21)10(47-55(34,35)36)7(44-52(25,26)27)5(41-12)2-38-49(16,17)18;/h2*4-11H,1-3H2,(H,13,14,15)(H,16,17,18)(H,19,20,21)(H,22,23,24)(H,25,26,27)(H,28,29,30)(H,31,32,33)(H,34,35,36);/q;;+2/t2*4-,5-,6-,7-,8+,9-,10+,11-,12+;/m11./s1. The van der Waals surface area contributed by atoms with Gasteiger partial charge in [0.2, 0.25) is 11.6 Å². The zero-order valence-electron chi connectivity index (χ0n) is 50.9. The predicted molar refractivity (Wildman–Crippen MR) is 310 cm³/mol. The van der Waals surface area contributed by atoms with E-state index in [1.54, 1.807) is 0 Å². The van der Waals surface area contributed by atoms with Crippen molar-refractivity contribution >= 4 is 189 Å². The Bertz CT molecular complexity index is 4890. The van der Waals surface area contributed by atoms with Crippen LogP contribution in [0.15, 0.2) is 0 Å². The van der Waals surface area contributed by atoms with Crippen molar-refractivity contribution in [3.8, 4) is 0 Å². The number of hydrogen-bond donors (Lipinski definition) is 16. The van der Waals surface area contributed by atoms with E-state index < -0.39 is 316 Å².